The lowest BCUT2D eigenvalue weighted by Gasteiger charge is -2.90. The molecule has 4 unspecified atom stereocenters. The lowest BCUT2D eigenvalue weighted by molar-refractivity contribution is -0.399. The first-order chi connectivity index (χ1) is 5.21. The van der Waals surface area contributed by atoms with Gasteiger partial charge in [0.2, 0.25) is 0 Å². The van der Waals surface area contributed by atoms with E-state index in [-0.39, 0.29) is 5.60 Å². The summed E-state index contributed by atoms with van der Waals surface area (Å²) in [6, 6.07) is 0. The molecule has 0 aromatic heterocycles. The van der Waals surface area contributed by atoms with E-state index >= 15 is 0 Å². The molecule has 0 spiro atoms. The van der Waals surface area contributed by atoms with Crippen molar-refractivity contribution in [2.24, 2.45) is 35.5 Å². The van der Waals surface area contributed by atoms with Crippen molar-refractivity contribution < 1.29 is 5.11 Å². The van der Waals surface area contributed by atoms with Crippen LogP contribution in [-0.4, -0.2) is 15.0 Å². The summed E-state index contributed by atoms with van der Waals surface area (Å²) in [5.74, 6) is 5.10. The molecule has 0 amide bonds. The second-order valence-corrected chi connectivity index (χ2v) is 6.69. The molecular formula is C9H9BrO. The minimum atomic E-state index is -0.139. The average molecular weight is 213 g/mol. The van der Waals surface area contributed by atoms with Crippen LogP contribution in [-0.2, 0) is 0 Å². The van der Waals surface area contributed by atoms with Crippen molar-refractivity contribution in [3.8, 4) is 0 Å². The lowest BCUT2D eigenvalue weighted by Crippen LogP contribution is -2.94. The van der Waals surface area contributed by atoms with Crippen molar-refractivity contribution >= 4 is 15.9 Å². The van der Waals surface area contributed by atoms with E-state index < -0.39 is 0 Å². The molecule has 6 aliphatic carbocycles. The van der Waals surface area contributed by atoms with E-state index in [1.807, 2.05) is 0 Å². The monoisotopic (exact) mass is 212 g/mol. The molecule has 0 heterocycles. The summed E-state index contributed by atoms with van der Waals surface area (Å²) in [7, 11) is 0. The van der Waals surface area contributed by atoms with Gasteiger partial charge in [-0.05, 0) is 41.9 Å². The molecule has 0 aliphatic heterocycles. The summed E-state index contributed by atoms with van der Waals surface area (Å²) < 4.78 is 0.579. The van der Waals surface area contributed by atoms with Crippen LogP contribution in [0.1, 0.15) is 6.42 Å². The molecule has 6 fully saturated rings. The summed E-state index contributed by atoms with van der Waals surface area (Å²) in [5, 5.41) is 10.2. The van der Waals surface area contributed by atoms with Gasteiger partial charge in [-0.3, -0.25) is 0 Å². The first-order valence-corrected chi connectivity index (χ1v) is 5.41. The Morgan fingerprint density at radius 1 is 1.09 bits per heavy atom. The normalized spacial score (nSPS) is 96.5. The van der Waals surface area contributed by atoms with Crippen LogP contribution in [0.25, 0.3) is 0 Å². The Hall–Kier alpha value is 0.440. The van der Waals surface area contributed by atoms with Gasteiger partial charge in [-0.25, -0.2) is 0 Å². The van der Waals surface area contributed by atoms with Crippen LogP contribution in [0.15, 0.2) is 0 Å². The van der Waals surface area contributed by atoms with Crippen LogP contribution in [0, 0.1) is 35.5 Å². The van der Waals surface area contributed by atoms with Crippen LogP contribution < -0.4 is 0 Å². The molecule has 4 atom stereocenters. The van der Waals surface area contributed by atoms with Crippen molar-refractivity contribution in [2.45, 2.75) is 16.3 Å². The fourth-order valence-corrected chi connectivity index (χ4v) is 7.56. The number of aliphatic hydroxyl groups is 1. The Morgan fingerprint density at radius 3 is 2.18 bits per heavy atom. The maximum atomic E-state index is 10.2. The van der Waals surface area contributed by atoms with E-state index in [9.17, 15) is 5.11 Å². The third-order valence-electron chi connectivity index (χ3n) is 5.72. The average Bonchev–Trinajstić information content (AvgIpc) is 2.15. The number of alkyl halides is 1. The molecule has 2 heteroatoms. The molecule has 0 saturated heterocycles. The fourth-order valence-electron chi connectivity index (χ4n) is 5.75. The summed E-state index contributed by atoms with van der Waals surface area (Å²) in [6.45, 7) is 0. The van der Waals surface area contributed by atoms with Crippen molar-refractivity contribution in [2.75, 3.05) is 0 Å². The minimum Gasteiger partial charge on any atom is -0.389 e. The predicted molar refractivity (Wildman–Crippen MR) is 42.2 cm³/mol. The largest absolute Gasteiger partial charge is 0.389 e. The second-order valence-electron chi connectivity index (χ2n) is 5.32. The Labute approximate surface area is 73.3 Å². The standard InChI is InChI=1S/C9H9BrO/c10-9-3-2-1-8(11)5(3)7(9)6(8)4(2)9/h2-7,11H,1H2. The first-order valence-electron chi connectivity index (χ1n) is 4.62. The molecule has 6 saturated carbocycles. The van der Waals surface area contributed by atoms with Crippen LogP contribution in [0.2, 0.25) is 0 Å². The summed E-state index contributed by atoms with van der Waals surface area (Å²) in [5.41, 5.74) is -0.139. The molecule has 1 N–H and O–H groups in total. The Kier molecular flexibility index (Phi) is 0.448. The Balaban J connectivity index is 1.87. The van der Waals surface area contributed by atoms with Crippen molar-refractivity contribution in [3.05, 3.63) is 0 Å². The van der Waals surface area contributed by atoms with Gasteiger partial charge in [0.05, 0.1) is 5.60 Å². The van der Waals surface area contributed by atoms with Crippen LogP contribution in [0.5, 0.6) is 0 Å². The molecule has 58 valence electrons. The van der Waals surface area contributed by atoms with Crippen molar-refractivity contribution in [1.29, 1.82) is 0 Å². The van der Waals surface area contributed by atoms with Gasteiger partial charge in [-0.2, -0.15) is 0 Å². The third kappa shape index (κ3) is 0.210. The van der Waals surface area contributed by atoms with Crippen LogP contribution in [0.4, 0.5) is 0 Å². The van der Waals surface area contributed by atoms with Gasteiger partial charge in [-0.15, -0.1) is 0 Å². The van der Waals surface area contributed by atoms with Gasteiger partial charge in [0.15, 0.2) is 0 Å². The molecule has 1 nitrogen and oxygen atoms in total. The van der Waals surface area contributed by atoms with Gasteiger partial charge in [-0.1, -0.05) is 15.9 Å². The second kappa shape index (κ2) is 0.941. The maximum absolute atomic E-state index is 10.2. The van der Waals surface area contributed by atoms with Crippen molar-refractivity contribution in [3.63, 3.8) is 0 Å². The van der Waals surface area contributed by atoms with Gasteiger partial charge >= 0.3 is 0 Å². The third-order valence-corrected chi connectivity index (χ3v) is 7.31. The smallest absolute Gasteiger partial charge is 0.0719 e. The summed E-state index contributed by atoms with van der Waals surface area (Å²) in [6.07, 6.45) is 1.15. The quantitative estimate of drug-likeness (QED) is 0.595. The highest BCUT2D eigenvalue weighted by molar-refractivity contribution is 9.10. The molecule has 0 aromatic rings. The molecule has 6 rings (SSSR count). The zero-order chi connectivity index (χ0) is 7.17. The Bertz CT molecular complexity index is 287. The Morgan fingerprint density at radius 2 is 1.73 bits per heavy atom. The summed E-state index contributed by atoms with van der Waals surface area (Å²) in [4.78, 5) is 0. The van der Waals surface area contributed by atoms with Gasteiger partial charge in [0.1, 0.15) is 0 Å². The number of hydrogen-bond acceptors (Lipinski definition) is 1. The predicted octanol–water partition coefficient (Wildman–Crippen LogP) is 1.01. The highest BCUT2D eigenvalue weighted by Crippen LogP contribution is 2.99. The van der Waals surface area contributed by atoms with Gasteiger partial charge < -0.3 is 5.11 Å². The van der Waals surface area contributed by atoms with Crippen LogP contribution >= 0.6 is 15.9 Å². The number of hydrogen-bond donors (Lipinski definition) is 1. The molecule has 6 aliphatic rings. The summed E-state index contributed by atoms with van der Waals surface area (Å²) >= 11 is 3.88. The molecule has 2 bridgehead atoms. The topological polar surface area (TPSA) is 20.2 Å². The van der Waals surface area contributed by atoms with E-state index in [0.717, 1.165) is 41.9 Å². The van der Waals surface area contributed by atoms with E-state index in [2.05, 4.69) is 15.9 Å². The SMILES string of the molecule is OC12CC3C4C1C1C2C3C41Br. The molecule has 0 radical (unpaired) electrons. The number of halogens is 1. The number of rotatable bonds is 0. The van der Waals surface area contributed by atoms with E-state index in [1.54, 1.807) is 0 Å². The maximum Gasteiger partial charge on any atom is 0.0719 e. The zero-order valence-electron chi connectivity index (χ0n) is 6.00. The van der Waals surface area contributed by atoms with Crippen molar-refractivity contribution in [1.82, 2.24) is 0 Å². The van der Waals surface area contributed by atoms with Gasteiger partial charge in [0, 0.05) is 4.32 Å². The lowest BCUT2D eigenvalue weighted by atomic mass is 9.19. The highest BCUT2D eigenvalue weighted by Gasteiger charge is 3.01. The molecule has 11 heavy (non-hydrogen) atoms. The van der Waals surface area contributed by atoms with Gasteiger partial charge in [0.25, 0.3) is 0 Å². The van der Waals surface area contributed by atoms with E-state index in [1.165, 1.54) is 0 Å². The first kappa shape index (κ1) is 5.23. The fraction of sp³-hybridized carbons (Fsp3) is 1.00. The van der Waals surface area contributed by atoms with E-state index in [0.29, 0.717) is 4.32 Å². The highest BCUT2D eigenvalue weighted by atomic mass is 79.9. The zero-order valence-corrected chi connectivity index (χ0v) is 7.58. The van der Waals surface area contributed by atoms with Crippen LogP contribution in [0.3, 0.4) is 0 Å². The van der Waals surface area contributed by atoms with E-state index in [4.69, 9.17) is 0 Å². The minimum absolute atomic E-state index is 0.139. The molecular weight excluding hydrogens is 204 g/mol. The molecule has 0 aromatic carbocycles.